The molecule has 0 saturated carbocycles. The lowest BCUT2D eigenvalue weighted by Crippen LogP contribution is -2.20. The van der Waals surface area contributed by atoms with Crippen molar-refractivity contribution in [3.63, 3.8) is 0 Å². The van der Waals surface area contributed by atoms with Crippen LogP contribution >= 0.6 is 34.5 Å². The number of hydrogen-bond donors (Lipinski definition) is 0. The third-order valence-corrected chi connectivity index (χ3v) is 5.37. The van der Waals surface area contributed by atoms with E-state index in [1.807, 2.05) is 24.3 Å². The van der Waals surface area contributed by atoms with Crippen molar-refractivity contribution < 1.29 is 0 Å². The predicted octanol–water partition coefficient (Wildman–Crippen LogP) is 6.51. The fourth-order valence-electron chi connectivity index (χ4n) is 2.80. The molecule has 0 aliphatic rings. The quantitative estimate of drug-likeness (QED) is 0.487. The van der Waals surface area contributed by atoms with Crippen molar-refractivity contribution in [2.24, 2.45) is 4.99 Å². The molecule has 1 atom stereocenters. The first-order valence-electron chi connectivity index (χ1n) is 8.20. The molecule has 25 heavy (non-hydrogen) atoms. The predicted molar refractivity (Wildman–Crippen MR) is 107 cm³/mol. The first kappa shape index (κ1) is 18.2. The second-order valence-electron chi connectivity index (χ2n) is 5.86. The molecule has 2 heterocycles. The van der Waals surface area contributed by atoms with E-state index in [0.717, 1.165) is 34.6 Å². The molecule has 0 fully saturated rings. The smallest absolute Gasteiger partial charge is 0.190 e. The van der Waals surface area contributed by atoms with Crippen LogP contribution in [0.1, 0.15) is 32.7 Å². The van der Waals surface area contributed by atoms with E-state index >= 15 is 0 Å². The molecule has 3 aromatic rings. The molecule has 3 rings (SSSR count). The molecule has 130 valence electrons. The van der Waals surface area contributed by atoms with Gasteiger partial charge >= 0.3 is 0 Å². The monoisotopic (exact) mass is 391 g/mol. The van der Waals surface area contributed by atoms with Crippen LogP contribution in [0.15, 0.2) is 53.1 Å². The Kier molecular flexibility index (Phi) is 5.94. The summed E-state index contributed by atoms with van der Waals surface area (Å²) >= 11 is 14.2. The van der Waals surface area contributed by atoms with E-state index in [0.29, 0.717) is 16.1 Å². The molecule has 0 aliphatic carbocycles. The Morgan fingerprint density at radius 1 is 1.28 bits per heavy atom. The van der Waals surface area contributed by atoms with Crippen LogP contribution in [0.3, 0.4) is 0 Å². The van der Waals surface area contributed by atoms with E-state index < -0.39 is 0 Å². The van der Waals surface area contributed by atoms with E-state index in [4.69, 9.17) is 28.2 Å². The van der Waals surface area contributed by atoms with Crippen molar-refractivity contribution in [3.8, 4) is 11.3 Å². The van der Waals surface area contributed by atoms with Crippen LogP contribution < -0.4 is 4.80 Å². The highest BCUT2D eigenvalue weighted by molar-refractivity contribution is 7.07. The van der Waals surface area contributed by atoms with E-state index in [1.54, 1.807) is 29.8 Å². The lowest BCUT2D eigenvalue weighted by atomic mass is 10.1. The fraction of sp³-hybridized carbons (Fsp3) is 0.263. The van der Waals surface area contributed by atoms with Gasteiger partial charge in [-0.2, -0.15) is 0 Å². The van der Waals surface area contributed by atoms with Gasteiger partial charge in [-0.3, -0.25) is 4.98 Å². The van der Waals surface area contributed by atoms with E-state index in [9.17, 15) is 0 Å². The standard InChI is InChI=1S/C19H19Cl2N3S/c1-3-5-13(2)24-18(16-10-14(20)7-8-17(16)21)12-25-19(24)23-15-6-4-9-22-11-15/h4,6-13H,3,5H2,1-2H3. The van der Waals surface area contributed by atoms with Crippen molar-refractivity contribution in [1.29, 1.82) is 0 Å². The second kappa shape index (κ2) is 8.17. The Hall–Kier alpha value is -1.62. The lowest BCUT2D eigenvalue weighted by molar-refractivity contribution is 0.495. The zero-order chi connectivity index (χ0) is 17.8. The second-order valence-corrected chi connectivity index (χ2v) is 7.54. The minimum Gasteiger partial charge on any atom is -0.314 e. The van der Waals surface area contributed by atoms with Gasteiger partial charge in [0.15, 0.2) is 4.80 Å². The van der Waals surface area contributed by atoms with Gasteiger partial charge in [0.2, 0.25) is 0 Å². The lowest BCUT2D eigenvalue weighted by Gasteiger charge is -2.17. The van der Waals surface area contributed by atoms with Crippen LogP contribution in [0.25, 0.3) is 11.3 Å². The molecule has 0 aliphatic heterocycles. The minimum atomic E-state index is 0.303. The van der Waals surface area contributed by atoms with Crippen LogP contribution in [-0.2, 0) is 0 Å². The molecule has 0 radical (unpaired) electrons. The van der Waals surface area contributed by atoms with E-state index in [-0.39, 0.29) is 0 Å². The minimum absolute atomic E-state index is 0.303. The van der Waals surface area contributed by atoms with Crippen molar-refractivity contribution in [2.45, 2.75) is 32.7 Å². The highest BCUT2D eigenvalue weighted by atomic mass is 35.5. The Labute approximate surface area is 161 Å². The summed E-state index contributed by atoms with van der Waals surface area (Å²) in [5, 5.41) is 3.46. The zero-order valence-corrected chi connectivity index (χ0v) is 16.4. The van der Waals surface area contributed by atoms with Crippen LogP contribution in [0.2, 0.25) is 10.0 Å². The van der Waals surface area contributed by atoms with Gasteiger partial charge in [0.1, 0.15) is 0 Å². The molecular weight excluding hydrogens is 373 g/mol. The number of hydrogen-bond acceptors (Lipinski definition) is 3. The average Bonchev–Trinajstić information content (AvgIpc) is 3.01. The van der Waals surface area contributed by atoms with E-state index in [1.165, 1.54) is 0 Å². The summed E-state index contributed by atoms with van der Waals surface area (Å²) in [7, 11) is 0. The Morgan fingerprint density at radius 2 is 2.12 bits per heavy atom. The molecular formula is C19H19Cl2N3S. The van der Waals surface area contributed by atoms with Gasteiger partial charge in [-0.05, 0) is 43.7 Å². The van der Waals surface area contributed by atoms with Gasteiger partial charge in [-0.25, -0.2) is 4.99 Å². The van der Waals surface area contributed by atoms with Crippen molar-refractivity contribution in [2.75, 3.05) is 0 Å². The Bertz CT molecular complexity index is 916. The molecule has 6 heteroatoms. The van der Waals surface area contributed by atoms with Crippen LogP contribution in [-0.4, -0.2) is 9.55 Å². The molecule has 0 amide bonds. The summed E-state index contributed by atoms with van der Waals surface area (Å²) in [5.41, 5.74) is 2.81. The average molecular weight is 392 g/mol. The molecule has 1 unspecified atom stereocenters. The van der Waals surface area contributed by atoms with Gasteiger partial charge in [0, 0.05) is 28.2 Å². The number of rotatable bonds is 5. The Morgan fingerprint density at radius 3 is 2.84 bits per heavy atom. The number of benzene rings is 1. The third-order valence-electron chi connectivity index (χ3n) is 3.96. The van der Waals surface area contributed by atoms with E-state index in [2.05, 4.69) is 28.8 Å². The molecule has 1 aromatic carbocycles. The number of nitrogens with zero attached hydrogens (tertiary/aromatic N) is 3. The Balaban J connectivity index is 2.20. The van der Waals surface area contributed by atoms with Gasteiger partial charge in [0.05, 0.1) is 22.6 Å². The first-order valence-corrected chi connectivity index (χ1v) is 9.84. The van der Waals surface area contributed by atoms with Gasteiger partial charge in [0.25, 0.3) is 0 Å². The summed E-state index contributed by atoms with van der Waals surface area (Å²) in [6.07, 6.45) is 5.67. The van der Waals surface area contributed by atoms with Crippen molar-refractivity contribution in [1.82, 2.24) is 9.55 Å². The largest absolute Gasteiger partial charge is 0.314 e. The molecule has 0 saturated heterocycles. The van der Waals surface area contributed by atoms with Gasteiger partial charge in [-0.15, -0.1) is 11.3 Å². The molecule has 0 spiro atoms. The summed E-state index contributed by atoms with van der Waals surface area (Å²) in [6.45, 7) is 4.40. The first-order chi connectivity index (χ1) is 12.1. The summed E-state index contributed by atoms with van der Waals surface area (Å²) in [4.78, 5) is 9.86. The molecule has 2 aromatic heterocycles. The van der Waals surface area contributed by atoms with Gasteiger partial charge in [-0.1, -0.05) is 36.5 Å². The maximum Gasteiger partial charge on any atom is 0.190 e. The number of halogens is 2. The highest BCUT2D eigenvalue weighted by Crippen LogP contribution is 2.33. The summed E-state index contributed by atoms with van der Waals surface area (Å²) in [6, 6.07) is 9.70. The fourth-order valence-corrected chi connectivity index (χ4v) is 4.19. The third kappa shape index (κ3) is 4.14. The number of thiazole rings is 1. The maximum absolute atomic E-state index is 6.45. The van der Waals surface area contributed by atoms with Crippen LogP contribution in [0.4, 0.5) is 5.69 Å². The van der Waals surface area contributed by atoms with Gasteiger partial charge < -0.3 is 4.57 Å². The van der Waals surface area contributed by atoms with Crippen molar-refractivity contribution in [3.05, 3.63) is 63.0 Å². The molecule has 0 bridgehead atoms. The normalized spacial score (nSPS) is 13.2. The molecule has 0 N–H and O–H groups in total. The summed E-state index contributed by atoms with van der Waals surface area (Å²) in [5.74, 6) is 0. The number of pyridine rings is 1. The summed E-state index contributed by atoms with van der Waals surface area (Å²) < 4.78 is 2.25. The van der Waals surface area contributed by atoms with Crippen LogP contribution in [0.5, 0.6) is 0 Å². The van der Waals surface area contributed by atoms with Crippen molar-refractivity contribution >= 4 is 40.2 Å². The molecule has 3 nitrogen and oxygen atoms in total. The van der Waals surface area contributed by atoms with Crippen LogP contribution in [0, 0.1) is 0 Å². The topological polar surface area (TPSA) is 30.2 Å². The zero-order valence-electron chi connectivity index (χ0n) is 14.1. The highest BCUT2D eigenvalue weighted by Gasteiger charge is 2.16. The number of aromatic nitrogens is 2. The SMILES string of the molecule is CCCC(C)n1c(-c2cc(Cl)ccc2Cl)csc1=Nc1cccnc1. The maximum atomic E-state index is 6.45.